The number of nitrogens with one attached hydrogen (secondary N) is 2. The van der Waals surface area contributed by atoms with Gasteiger partial charge in [0.05, 0.1) is 0 Å². The minimum atomic E-state index is -0.151. The molecule has 5 nitrogen and oxygen atoms in total. The first-order valence-corrected chi connectivity index (χ1v) is 8.36. The van der Waals surface area contributed by atoms with Crippen LogP contribution in [0.25, 0.3) is 11.1 Å². The summed E-state index contributed by atoms with van der Waals surface area (Å²) in [7, 11) is 0. The summed E-state index contributed by atoms with van der Waals surface area (Å²) in [5.74, 6) is -0.267. The molecule has 0 atom stereocenters. The third kappa shape index (κ3) is 4.32. The number of anilines is 1. The minimum Gasteiger partial charge on any atom is -0.351 e. The van der Waals surface area contributed by atoms with Gasteiger partial charge in [0.2, 0.25) is 5.91 Å². The van der Waals surface area contributed by atoms with E-state index in [1.807, 2.05) is 30.3 Å². The number of hydrogen-bond acceptors (Lipinski definition) is 3. The van der Waals surface area contributed by atoms with Crippen LogP contribution in [0.15, 0.2) is 36.4 Å². The number of hydrogen-bond donors (Lipinski definition) is 2. The zero-order valence-electron chi connectivity index (χ0n) is 14.6. The lowest BCUT2D eigenvalue weighted by Gasteiger charge is -2.17. The fourth-order valence-electron chi connectivity index (χ4n) is 2.76. The van der Waals surface area contributed by atoms with Crippen molar-refractivity contribution in [2.24, 2.45) is 0 Å². The highest BCUT2D eigenvalue weighted by atomic mass is 16.2. The number of carbonyl (C=O) groups is 2. The summed E-state index contributed by atoms with van der Waals surface area (Å²) >= 11 is 0. The Balaban J connectivity index is 2.19. The molecule has 0 aromatic rings. The van der Waals surface area contributed by atoms with Crippen LogP contribution in [0.3, 0.4) is 0 Å². The lowest BCUT2D eigenvalue weighted by molar-refractivity contribution is -0.114. The summed E-state index contributed by atoms with van der Waals surface area (Å²) in [6, 6.07) is 11.3. The van der Waals surface area contributed by atoms with E-state index in [1.165, 1.54) is 6.92 Å². The van der Waals surface area contributed by atoms with Gasteiger partial charge in [-0.3, -0.25) is 9.59 Å². The molecule has 0 aromatic carbocycles. The summed E-state index contributed by atoms with van der Waals surface area (Å²) in [4.78, 5) is 26.2. The van der Waals surface area contributed by atoms with Crippen molar-refractivity contribution in [1.82, 2.24) is 10.2 Å². The average Bonchev–Trinajstić information content (AvgIpc) is 2.74. The molecule has 0 saturated heterocycles. The first-order valence-electron chi connectivity index (χ1n) is 8.36. The van der Waals surface area contributed by atoms with E-state index in [1.54, 1.807) is 6.07 Å². The Morgan fingerprint density at radius 2 is 1.71 bits per heavy atom. The molecule has 0 aliphatic heterocycles. The monoisotopic (exact) mass is 327 g/mol. The van der Waals surface area contributed by atoms with E-state index in [0.717, 1.165) is 30.8 Å². The second kappa shape index (κ2) is 8.45. The third-order valence-corrected chi connectivity index (χ3v) is 4.07. The van der Waals surface area contributed by atoms with Gasteiger partial charge in [0.15, 0.2) is 0 Å². The quantitative estimate of drug-likeness (QED) is 0.822. The van der Waals surface area contributed by atoms with E-state index >= 15 is 0 Å². The normalized spacial score (nSPS) is 10.8. The fraction of sp³-hybridized carbons (Fsp3) is 0.368. The summed E-state index contributed by atoms with van der Waals surface area (Å²) < 4.78 is 0. The van der Waals surface area contributed by atoms with E-state index < -0.39 is 0 Å². The number of rotatable bonds is 7. The second-order valence-electron chi connectivity index (χ2n) is 5.67. The molecule has 2 rings (SSSR count). The highest BCUT2D eigenvalue weighted by Gasteiger charge is 2.20. The van der Waals surface area contributed by atoms with Crippen LogP contribution in [0.5, 0.6) is 0 Å². The van der Waals surface area contributed by atoms with Crippen molar-refractivity contribution in [3.63, 3.8) is 0 Å². The maximum absolute atomic E-state index is 12.6. The van der Waals surface area contributed by atoms with Crippen LogP contribution in [0.4, 0.5) is 5.69 Å². The van der Waals surface area contributed by atoms with Crippen LogP contribution in [-0.4, -0.2) is 42.9 Å². The number of carbonyl (C=O) groups excluding carboxylic acids is 2. The Kier molecular flexibility index (Phi) is 6.32. The predicted molar refractivity (Wildman–Crippen MR) is 97.5 cm³/mol. The first-order chi connectivity index (χ1) is 11.6. The number of fused-ring (bicyclic) bond motifs is 1. The molecular weight excluding hydrogens is 302 g/mol. The Morgan fingerprint density at radius 1 is 1.04 bits per heavy atom. The molecule has 0 radical (unpaired) electrons. The smallest absolute Gasteiger partial charge is 0.252 e. The van der Waals surface area contributed by atoms with Crippen molar-refractivity contribution in [1.29, 1.82) is 0 Å². The number of likely N-dealkylation sites (N-methyl/N-ethyl adjacent to an activating group) is 1. The molecule has 128 valence electrons. The zero-order chi connectivity index (χ0) is 17.5. The third-order valence-electron chi connectivity index (χ3n) is 4.07. The van der Waals surface area contributed by atoms with Gasteiger partial charge in [-0.2, -0.15) is 0 Å². The molecule has 2 aliphatic rings. The van der Waals surface area contributed by atoms with Crippen LogP contribution < -0.4 is 10.6 Å². The predicted octanol–water partition coefficient (Wildman–Crippen LogP) is 2.82. The average molecular weight is 327 g/mol. The minimum absolute atomic E-state index is 0.116. The summed E-state index contributed by atoms with van der Waals surface area (Å²) in [5.41, 5.74) is 2.96. The van der Waals surface area contributed by atoms with Crippen molar-refractivity contribution < 1.29 is 9.59 Å². The molecule has 0 bridgehead atoms. The molecule has 0 saturated carbocycles. The van der Waals surface area contributed by atoms with Crippen molar-refractivity contribution in [2.45, 2.75) is 20.8 Å². The zero-order valence-corrected chi connectivity index (χ0v) is 14.6. The molecule has 0 spiro atoms. The standard InChI is InChI=1S/C19H25N3O2/c1-4-22(5-2)12-11-20-19(24)17-13-18(21-14(3)23)16-10-8-6-7-9-15(16)17/h6-10,13H,4-5,11-12H2,1-3H3,(H,20,24)(H,21,23). The van der Waals surface area contributed by atoms with Crippen LogP contribution in [0.1, 0.15) is 31.1 Å². The van der Waals surface area contributed by atoms with Crippen LogP contribution in [0, 0.1) is 0 Å². The van der Waals surface area contributed by atoms with E-state index in [0.29, 0.717) is 17.8 Å². The lowest BCUT2D eigenvalue weighted by Crippen LogP contribution is -2.34. The van der Waals surface area contributed by atoms with Gasteiger partial charge in [-0.1, -0.05) is 44.2 Å². The highest BCUT2D eigenvalue weighted by Crippen LogP contribution is 2.35. The molecular formula is C19H25N3O2. The Morgan fingerprint density at radius 3 is 2.33 bits per heavy atom. The van der Waals surface area contributed by atoms with E-state index in [-0.39, 0.29) is 11.8 Å². The van der Waals surface area contributed by atoms with Gasteiger partial charge in [-0.25, -0.2) is 0 Å². The largest absolute Gasteiger partial charge is 0.351 e. The van der Waals surface area contributed by atoms with Crippen molar-refractivity contribution in [3.8, 4) is 11.1 Å². The maximum Gasteiger partial charge on any atom is 0.252 e. The summed E-state index contributed by atoms with van der Waals surface area (Å²) in [6.45, 7) is 9.03. The molecule has 0 aromatic heterocycles. The Labute approximate surface area is 143 Å². The Hall–Kier alpha value is -2.40. The molecule has 5 heteroatoms. The van der Waals surface area contributed by atoms with Crippen LogP contribution >= 0.6 is 0 Å². The van der Waals surface area contributed by atoms with Crippen molar-refractivity contribution in [3.05, 3.63) is 42.0 Å². The van der Waals surface area contributed by atoms with Gasteiger partial charge < -0.3 is 15.5 Å². The summed E-state index contributed by atoms with van der Waals surface area (Å²) in [6.07, 6.45) is 0. The van der Waals surface area contributed by atoms with E-state index in [4.69, 9.17) is 0 Å². The van der Waals surface area contributed by atoms with Gasteiger partial charge in [0.25, 0.3) is 5.91 Å². The fourth-order valence-corrected chi connectivity index (χ4v) is 2.76. The lowest BCUT2D eigenvalue weighted by atomic mass is 10.1. The van der Waals surface area contributed by atoms with Gasteiger partial charge in [0.1, 0.15) is 0 Å². The van der Waals surface area contributed by atoms with E-state index in [9.17, 15) is 9.59 Å². The van der Waals surface area contributed by atoms with Gasteiger partial charge in [0, 0.05) is 36.8 Å². The van der Waals surface area contributed by atoms with Gasteiger partial charge >= 0.3 is 0 Å². The summed E-state index contributed by atoms with van der Waals surface area (Å²) in [5, 5.41) is 5.78. The van der Waals surface area contributed by atoms with Crippen LogP contribution in [-0.2, 0) is 4.79 Å². The topological polar surface area (TPSA) is 61.4 Å². The first kappa shape index (κ1) is 17.9. The molecule has 0 unspecified atom stereocenters. The van der Waals surface area contributed by atoms with Crippen LogP contribution in [0.2, 0.25) is 0 Å². The van der Waals surface area contributed by atoms with Crippen molar-refractivity contribution in [2.75, 3.05) is 31.5 Å². The molecule has 0 heterocycles. The molecule has 0 fully saturated rings. The van der Waals surface area contributed by atoms with Gasteiger partial charge in [-0.15, -0.1) is 0 Å². The van der Waals surface area contributed by atoms with Gasteiger partial charge in [-0.05, 0) is 24.7 Å². The highest BCUT2D eigenvalue weighted by molar-refractivity contribution is 6.08. The molecule has 2 N–H and O–H groups in total. The van der Waals surface area contributed by atoms with Crippen molar-refractivity contribution >= 4 is 17.5 Å². The molecule has 2 aliphatic carbocycles. The molecule has 24 heavy (non-hydrogen) atoms. The number of nitrogens with zero attached hydrogens (tertiary/aromatic N) is 1. The Bertz CT molecular complexity index is 680. The van der Waals surface area contributed by atoms with E-state index in [2.05, 4.69) is 29.4 Å². The molecule has 2 amide bonds. The maximum atomic E-state index is 12.6. The number of amides is 2. The SMILES string of the molecule is CCN(CC)CCNC(=O)c1cc(NC(C)=O)c2cccccc1-2. The second-order valence-corrected chi connectivity index (χ2v) is 5.67.